The van der Waals surface area contributed by atoms with Gasteiger partial charge in [0.1, 0.15) is 6.33 Å². The van der Waals surface area contributed by atoms with Crippen molar-refractivity contribution in [2.24, 2.45) is 0 Å². The zero-order valence-electron chi connectivity index (χ0n) is 6.67. The lowest BCUT2D eigenvalue weighted by molar-refractivity contribution is 0.140. The quantitative estimate of drug-likeness (QED) is 0.652. The number of hydrogen-bond acceptors (Lipinski definition) is 2. The first-order valence-corrected chi connectivity index (χ1v) is 3.41. The van der Waals surface area contributed by atoms with Crippen molar-refractivity contribution in [3.05, 3.63) is 24.3 Å². The summed E-state index contributed by atoms with van der Waals surface area (Å²) in [4.78, 5) is 3.43. The Kier molecular flexibility index (Phi) is 2.52. The number of allylic oxidation sites excluding steroid dienone is 1. The highest BCUT2D eigenvalue weighted by Gasteiger charge is 2.11. The maximum absolute atomic E-state index is 12.0. The molecule has 0 amide bonds. The molecule has 1 aromatic rings. The van der Waals surface area contributed by atoms with Crippen LogP contribution in [-0.2, 0) is 6.54 Å². The van der Waals surface area contributed by atoms with Gasteiger partial charge in [-0.2, -0.15) is 0 Å². The Morgan fingerprint density at radius 3 is 2.83 bits per heavy atom. The van der Waals surface area contributed by atoms with E-state index in [1.165, 1.54) is 11.0 Å². The second-order valence-electron chi connectivity index (χ2n) is 2.56. The average Bonchev–Trinajstić information content (AvgIpc) is 2.34. The van der Waals surface area contributed by atoms with E-state index >= 15 is 0 Å². The van der Waals surface area contributed by atoms with Crippen molar-refractivity contribution in [1.29, 1.82) is 0 Å². The Morgan fingerprint density at radius 2 is 2.42 bits per heavy atom. The third-order valence-corrected chi connectivity index (χ3v) is 1.18. The number of hydrogen-bond donors (Lipinski definition) is 0. The van der Waals surface area contributed by atoms with E-state index in [-0.39, 0.29) is 0 Å². The largest absolute Gasteiger partial charge is 0.299 e. The molecule has 0 bridgehead atoms. The van der Waals surface area contributed by atoms with Gasteiger partial charge in [0.05, 0.1) is 6.54 Å². The molecule has 0 aliphatic heterocycles. The predicted molar refractivity (Wildman–Crippen MR) is 39.8 cm³/mol. The van der Waals surface area contributed by atoms with Gasteiger partial charge in [-0.25, -0.2) is 18.4 Å². The molecule has 1 rings (SSSR count). The van der Waals surface area contributed by atoms with Gasteiger partial charge in [0, 0.05) is 0 Å². The van der Waals surface area contributed by atoms with Gasteiger partial charge in [-0.3, -0.25) is 0 Å². The molecule has 0 aromatic carbocycles. The Balaban J connectivity index is 2.70. The van der Waals surface area contributed by atoms with Crippen molar-refractivity contribution in [2.45, 2.75) is 19.9 Å². The third kappa shape index (κ3) is 2.11. The molecule has 3 nitrogen and oxygen atoms in total. The summed E-state index contributed by atoms with van der Waals surface area (Å²) in [6, 6.07) is 0. The summed E-state index contributed by atoms with van der Waals surface area (Å²) in [6.07, 6.45) is -1.33. The maximum Gasteiger partial charge on any atom is 0.299 e. The van der Waals surface area contributed by atoms with Gasteiger partial charge in [-0.1, -0.05) is 12.2 Å². The minimum absolute atomic E-state index is 0.430. The highest BCUT2D eigenvalue weighted by molar-refractivity contribution is 4.90. The van der Waals surface area contributed by atoms with Crippen molar-refractivity contribution in [3.8, 4) is 0 Å². The molecule has 0 unspecified atom stereocenters. The summed E-state index contributed by atoms with van der Waals surface area (Å²) in [6.45, 7) is 5.85. The molecule has 0 saturated carbocycles. The molecule has 0 spiro atoms. The fourth-order valence-corrected chi connectivity index (χ4v) is 0.762. The van der Waals surface area contributed by atoms with Crippen LogP contribution in [0.3, 0.4) is 0 Å². The molecule has 0 fully saturated rings. The fraction of sp³-hybridized carbons (Fsp3) is 0.429. The van der Waals surface area contributed by atoms with Crippen molar-refractivity contribution in [1.82, 2.24) is 14.8 Å². The minimum Gasteiger partial charge on any atom is -0.248 e. The van der Waals surface area contributed by atoms with Crippen LogP contribution in [0.25, 0.3) is 0 Å². The van der Waals surface area contributed by atoms with Crippen LogP contribution in [0.4, 0.5) is 8.78 Å². The van der Waals surface area contributed by atoms with Crippen LogP contribution in [-0.4, -0.2) is 14.8 Å². The third-order valence-electron chi connectivity index (χ3n) is 1.18. The van der Waals surface area contributed by atoms with E-state index in [0.29, 0.717) is 6.54 Å². The number of halogens is 2. The SMILES string of the molecule is C=C(C)Cn1cnc(C(F)F)n1. The molecule has 12 heavy (non-hydrogen) atoms. The summed E-state index contributed by atoms with van der Waals surface area (Å²) < 4.78 is 25.3. The van der Waals surface area contributed by atoms with Crippen LogP contribution in [0.5, 0.6) is 0 Å². The maximum atomic E-state index is 12.0. The number of nitrogens with zero attached hydrogens (tertiary/aromatic N) is 3. The monoisotopic (exact) mass is 173 g/mol. The highest BCUT2D eigenvalue weighted by Crippen LogP contribution is 2.12. The molecule has 0 N–H and O–H groups in total. The molecular formula is C7H9F2N3. The molecule has 5 heteroatoms. The van der Waals surface area contributed by atoms with Crippen LogP contribution in [0, 0.1) is 0 Å². The Morgan fingerprint density at radius 1 is 1.75 bits per heavy atom. The van der Waals surface area contributed by atoms with Crippen LogP contribution >= 0.6 is 0 Å². The standard InChI is InChI=1S/C7H9F2N3/c1-5(2)3-12-4-10-7(11-12)6(8)9/h4,6H,1,3H2,2H3. The summed E-state index contributed by atoms with van der Waals surface area (Å²) in [7, 11) is 0. The van der Waals surface area contributed by atoms with E-state index in [0.717, 1.165) is 5.57 Å². The average molecular weight is 173 g/mol. The summed E-state index contributed by atoms with van der Waals surface area (Å²) in [5.41, 5.74) is 0.848. The fourth-order valence-electron chi connectivity index (χ4n) is 0.762. The van der Waals surface area contributed by atoms with E-state index in [2.05, 4.69) is 16.7 Å². The first-order chi connectivity index (χ1) is 5.59. The molecule has 0 saturated heterocycles. The molecule has 0 aliphatic carbocycles. The van der Waals surface area contributed by atoms with E-state index in [1.54, 1.807) is 6.92 Å². The first kappa shape index (κ1) is 8.83. The van der Waals surface area contributed by atoms with Gasteiger partial charge in [0.2, 0.25) is 5.82 Å². The predicted octanol–water partition coefficient (Wildman–Crippen LogP) is 1.79. The minimum atomic E-state index is -2.60. The van der Waals surface area contributed by atoms with Gasteiger partial charge < -0.3 is 0 Å². The van der Waals surface area contributed by atoms with Crippen LogP contribution in [0.15, 0.2) is 18.5 Å². The summed E-state index contributed by atoms with van der Waals surface area (Å²) >= 11 is 0. The number of rotatable bonds is 3. The lowest BCUT2D eigenvalue weighted by Crippen LogP contribution is -1.99. The Bertz CT molecular complexity index is 280. The van der Waals surface area contributed by atoms with Gasteiger partial charge in [0.15, 0.2) is 0 Å². The van der Waals surface area contributed by atoms with Gasteiger partial charge in [-0.05, 0) is 6.92 Å². The van der Waals surface area contributed by atoms with Gasteiger partial charge >= 0.3 is 0 Å². The van der Waals surface area contributed by atoms with Gasteiger partial charge in [-0.15, -0.1) is 5.10 Å². The highest BCUT2D eigenvalue weighted by atomic mass is 19.3. The Labute approximate surface area is 68.7 Å². The molecule has 0 atom stereocenters. The van der Waals surface area contributed by atoms with Crippen LogP contribution < -0.4 is 0 Å². The smallest absolute Gasteiger partial charge is 0.248 e. The van der Waals surface area contributed by atoms with Crippen molar-refractivity contribution >= 4 is 0 Å². The topological polar surface area (TPSA) is 30.7 Å². The molecule has 1 aromatic heterocycles. The lowest BCUT2D eigenvalue weighted by atomic mass is 10.4. The van der Waals surface area contributed by atoms with Crippen molar-refractivity contribution < 1.29 is 8.78 Å². The summed E-state index contributed by atoms with van der Waals surface area (Å²) in [5.74, 6) is -0.434. The molecule has 1 heterocycles. The molecule has 0 aliphatic rings. The molecular weight excluding hydrogens is 164 g/mol. The zero-order valence-corrected chi connectivity index (χ0v) is 6.67. The van der Waals surface area contributed by atoms with E-state index in [4.69, 9.17) is 0 Å². The number of alkyl halides is 2. The zero-order chi connectivity index (χ0) is 9.14. The summed E-state index contributed by atoms with van der Waals surface area (Å²) in [5, 5.41) is 3.54. The van der Waals surface area contributed by atoms with Crippen LogP contribution in [0.1, 0.15) is 19.2 Å². The van der Waals surface area contributed by atoms with Crippen molar-refractivity contribution in [2.75, 3.05) is 0 Å². The van der Waals surface area contributed by atoms with E-state index in [1.807, 2.05) is 0 Å². The Hall–Kier alpha value is -1.26. The van der Waals surface area contributed by atoms with Gasteiger partial charge in [0.25, 0.3) is 6.43 Å². The van der Waals surface area contributed by atoms with Crippen LogP contribution in [0.2, 0.25) is 0 Å². The normalized spacial score (nSPS) is 10.7. The number of aromatic nitrogens is 3. The second-order valence-corrected chi connectivity index (χ2v) is 2.56. The lowest BCUT2D eigenvalue weighted by Gasteiger charge is -1.96. The molecule has 0 radical (unpaired) electrons. The first-order valence-electron chi connectivity index (χ1n) is 3.41. The molecule has 66 valence electrons. The van der Waals surface area contributed by atoms with E-state index in [9.17, 15) is 8.78 Å². The van der Waals surface area contributed by atoms with Crippen molar-refractivity contribution in [3.63, 3.8) is 0 Å². The van der Waals surface area contributed by atoms with E-state index < -0.39 is 12.2 Å². The second kappa shape index (κ2) is 3.42.